The molecule has 0 aromatic heterocycles. The molecule has 2 saturated carbocycles. The van der Waals surface area contributed by atoms with Crippen LogP contribution in [0.1, 0.15) is 87.2 Å². The van der Waals surface area contributed by atoms with Crippen LogP contribution < -0.4 is 4.74 Å². The van der Waals surface area contributed by atoms with Gasteiger partial charge >= 0.3 is 5.97 Å². The van der Waals surface area contributed by atoms with Crippen molar-refractivity contribution in [2.24, 2.45) is 17.3 Å². The zero-order valence-electron chi connectivity index (χ0n) is 16.3. The normalized spacial score (nSPS) is 33.0. The molecular weight excluding hydrogens is 328 g/mol. The summed E-state index contributed by atoms with van der Waals surface area (Å²) in [5.74, 6) is 0.769. The molecular formula is C22H30O4. The number of carboxylic acids is 1. The lowest BCUT2D eigenvalue weighted by Crippen LogP contribution is -2.59. The largest absolute Gasteiger partial charge is 0.507 e. The fourth-order valence-electron chi connectivity index (χ4n) is 6.23. The first kappa shape index (κ1) is 17.7. The van der Waals surface area contributed by atoms with Crippen molar-refractivity contribution >= 4 is 5.97 Å². The molecule has 4 atom stereocenters. The van der Waals surface area contributed by atoms with Crippen molar-refractivity contribution in [2.75, 3.05) is 0 Å². The highest BCUT2D eigenvalue weighted by Crippen LogP contribution is 2.74. The van der Waals surface area contributed by atoms with Crippen molar-refractivity contribution in [2.45, 2.75) is 77.7 Å². The molecule has 0 amide bonds. The van der Waals surface area contributed by atoms with Gasteiger partial charge < -0.3 is 14.9 Å². The number of aryl methyl sites for hydroxylation is 1. The van der Waals surface area contributed by atoms with E-state index < -0.39 is 5.97 Å². The van der Waals surface area contributed by atoms with Crippen LogP contribution in [0, 0.1) is 17.3 Å². The van der Waals surface area contributed by atoms with Gasteiger partial charge in [-0.1, -0.05) is 33.6 Å². The molecule has 2 N–H and O–H groups in total. The van der Waals surface area contributed by atoms with Gasteiger partial charge in [-0.15, -0.1) is 0 Å². The Labute approximate surface area is 155 Å². The summed E-state index contributed by atoms with van der Waals surface area (Å²) in [7, 11) is 0. The van der Waals surface area contributed by atoms with Crippen LogP contribution in [0.3, 0.4) is 0 Å². The van der Waals surface area contributed by atoms with Crippen molar-refractivity contribution in [1.29, 1.82) is 0 Å². The lowest BCUT2D eigenvalue weighted by Gasteiger charge is -2.62. The van der Waals surface area contributed by atoms with Crippen LogP contribution in [-0.2, 0) is 6.42 Å². The van der Waals surface area contributed by atoms with Gasteiger partial charge in [-0.25, -0.2) is 4.79 Å². The van der Waals surface area contributed by atoms with E-state index in [9.17, 15) is 15.0 Å². The van der Waals surface area contributed by atoms with Crippen LogP contribution in [0.4, 0.5) is 0 Å². The van der Waals surface area contributed by atoms with Gasteiger partial charge in [0.2, 0.25) is 0 Å². The Morgan fingerprint density at radius 1 is 1.31 bits per heavy atom. The van der Waals surface area contributed by atoms with Gasteiger partial charge in [0, 0.05) is 17.4 Å². The highest BCUT2D eigenvalue weighted by Gasteiger charge is 2.69. The predicted octanol–water partition coefficient (Wildman–Crippen LogP) is 5.12. The van der Waals surface area contributed by atoms with E-state index in [0.29, 0.717) is 23.8 Å². The first-order valence-corrected chi connectivity index (χ1v) is 10.0. The molecule has 0 bridgehead atoms. The van der Waals surface area contributed by atoms with Gasteiger partial charge in [0.15, 0.2) is 0 Å². The van der Waals surface area contributed by atoms with E-state index in [2.05, 4.69) is 27.7 Å². The maximum Gasteiger partial charge on any atom is 0.339 e. The van der Waals surface area contributed by atoms with Crippen molar-refractivity contribution in [3.05, 3.63) is 22.8 Å². The summed E-state index contributed by atoms with van der Waals surface area (Å²) >= 11 is 0. The number of carboxylic acid groups (broad SMARTS) is 1. The zero-order chi connectivity index (χ0) is 18.9. The molecule has 4 heteroatoms. The Bertz CT molecular complexity index is 766. The quantitative estimate of drug-likeness (QED) is 0.717. The van der Waals surface area contributed by atoms with Gasteiger partial charge in [-0.3, -0.25) is 0 Å². The minimum atomic E-state index is -1.04. The summed E-state index contributed by atoms with van der Waals surface area (Å²) in [6, 6.07) is 1.91. The number of aromatic carboxylic acids is 1. The standard InChI is InChI=1S/C22H30O4/c1-5-6-7-8-12-11-14-16(19(23)15(12)20(24)25)18-17-13(21(18,2)3)9-10-22(17,4)26-14/h11,13,17-18,23H,5-10H2,1-4H3,(H,24,25)/t13-,17?,18+,22+/m0/s1. The van der Waals surface area contributed by atoms with E-state index in [1.165, 1.54) is 0 Å². The fraction of sp³-hybridized carbons (Fsp3) is 0.682. The van der Waals surface area contributed by atoms with Crippen LogP contribution >= 0.6 is 0 Å². The number of hydrogen-bond acceptors (Lipinski definition) is 3. The Balaban J connectivity index is 1.85. The second kappa shape index (κ2) is 5.64. The predicted molar refractivity (Wildman–Crippen MR) is 100 cm³/mol. The van der Waals surface area contributed by atoms with E-state index in [4.69, 9.17) is 4.74 Å². The molecule has 4 nitrogen and oxygen atoms in total. The van der Waals surface area contributed by atoms with Crippen LogP contribution in [0.2, 0.25) is 0 Å². The van der Waals surface area contributed by atoms with Crippen LogP contribution in [0.5, 0.6) is 11.5 Å². The third-order valence-corrected chi connectivity index (χ3v) is 7.51. The molecule has 1 heterocycles. The Kier molecular flexibility index (Phi) is 3.84. The van der Waals surface area contributed by atoms with Crippen LogP contribution in [0.15, 0.2) is 6.07 Å². The molecule has 3 aliphatic rings. The molecule has 142 valence electrons. The highest BCUT2D eigenvalue weighted by molar-refractivity contribution is 5.94. The first-order valence-electron chi connectivity index (χ1n) is 10.0. The summed E-state index contributed by atoms with van der Waals surface area (Å²) in [6.07, 6.45) is 5.90. The SMILES string of the molecule is CCCCCc1cc2c(c(O)c1C(=O)O)[C@@H]1C3[C@H](CC[C@@]3(C)O2)C1(C)C. The second-order valence-electron chi connectivity index (χ2n) is 9.32. The Morgan fingerprint density at radius 2 is 2.04 bits per heavy atom. The molecule has 1 aliphatic heterocycles. The van der Waals surface area contributed by atoms with Gasteiger partial charge in [0.25, 0.3) is 0 Å². The second-order valence-corrected chi connectivity index (χ2v) is 9.32. The van der Waals surface area contributed by atoms with Crippen molar-refractivity contribution in [1.82, 2.24) is 0 Å². The number of ether oxygens (including phenoxy) is 1. The van der Waals surface area contributed by atoms with Crippen molar-refractivity contribution in [3.8, 4) is 11.5 Å². The minimum Gasteiger partial charge on any atom is -0.507 e. The Morgan fingerprint density at radius 3 is 2.69 bits per heavy atom. The molecule has 26 heavy (non-hydrogen) atoms. The van der Waals surface area contributed by atoms with Crippen LogP contribution in [-0.4, -0.2) is 21.8 Å². The summed E-state index contributed by atoms with van der Waals surface area (Å²) in [5, 5.41) is 20.8. The van der Waals surface area contributed by atoms with Gasteiger partial charge in [0.1, 0.15) is 22.7 Å². The molecule has 1 unspecified atom stereocenters. The average molecular weight is 358 g/mol. The smallest absolute Gasteiger partial charge is 0.339 e. The fourth-order valence-corrected chi connectivity index (χ4v) is 6.23. The van der Waals surface area contributed by atoms with E-state index in [-0.39, 0.29) is 28.2 Å². The molecule has 0 radical (unpaired) electrons. The Hall–Kier alpha value is -1.71. The third-order valence-electron chi connectivity index (χ3n) is 7.51. The van der Waals surface area contributed by atoms with Gasteiger partial charge in [0.05, 0.1) is 0 Å². The average Bonchev–Trinajstić information content (AvgIpc) is 2.88. The number of aromatic hydroxyl groups is 1. The monoisotopic (exact) mass is 358 g/mol. The molecule has 2 fully saturated rings. The summed E-state index contributed by atoms with van der Waals surface area (Å²) in [6.45, 7) is 8.84. The lowest BCUT2D eigenvalue weighted by molar-refractivity contribution is -0.121. The molecule has 1 aromatic rings. The van der Waals surface area contributed by atoms with Crippen molar-refractivity contribution in [3.63, 3.8) is 0 Å². The zero-order valence-corrected chi connectivity index (χ0v) is 16.3. The number of rotatable bonds is 5. The van der Waals surface area contributed by atoms with E-state index in [1.807, 2.05) is 6.07 Å². The third kappa shape index (κ3) is 2.17. The molecule has 4 rings (SSSR count). The molecule has 0 saturated heterocycles. The molecule has 2 aliphatic carbocycles. The number of benzene rings is 1. The molecule has 1 aromatic carbocycles. The minimum absolute atomic E-state index is 0.0491. The van der Waals surface area contributed by atoms with E-state index >= 15 is 0 Å². The van der Waals surface area contributed by atoms with Crippen LogP contribution in [0.25, 0.3) is 0 Å². The maximum atomic E-state index is 11.9. The number of unbranched alkanes of at least 4 members (excludes halogenated alkanes) is 2. The number of carbonyl (C=O) groups is 1. The first-order chi connectivity index (χ1) is 12.2. The van der Waals surface area contributed by atoms with E-state index in [0.717, 1.165) is 43.4 Å². The molecule has 0 spiro atoms. The van der Waals surface area contributed by atoms with E-state index in [1.54, 1.807) is 0 Å². The number of fused-ring (bicyclic) bond motifs is 2. The number of phenols is 1. The topological polar surface area (TPSA) is 66.8 Å². The van der Waals surface area contributed by atoms with Crippen molar-refractivity contribution < 1.29 is 19.7 Å². The summed E-state index contributed by atoms with van der Waals surface area (Å²) < 4.78 is 6.45. The number of hydrogen-bond donors (Lipinski definition) is 2. The summed E-state index contributed by atoms with van der Waals surface area (Å²) in [4.78, 5) is 11.9. The highest BCUT2D eigenvalue weighted by atomic mass is 16.5. The van der Waals surface area contributed by atoms with Gasteiger partial charge in [-0.2, -0.15) is 0 Å². The summed E-state index contributed by atoms with van der Waals surface area (Å²) in [5.41, 5.74) is 1.42. The van der Waals surface area contributed by atoms with Gasteiger partial charge in [-0.05, 0) is 55.6 Å². The lowest BCUT2D eigenvalue weighted by atomic mass is 9.45. The maximum absolute atomic E-state index is 11.9.